The highest BCUT2D eigenvalue weighted by Crippen LogP contribution is 2.14. The number of unbranched alkanes of at least 4 members (excludes halogenated alkanes) is 1. The SMILES string of the molecule is CC(C)CCC(CCC(C)C)NCCCCN1CCCCC1. The summed E-state index contributed by atoms with van der Waals surface area (Å²) >= 11 is 0. The van der Waals surface area contributed by atoms with Gasteiger partial charge in [-0.05, 0) is 89.4 Å². The molecule has 1 aliphatic heterocycles. The highest BCUT2D eigenvalue weighted by Gasteiger charge is 2.11. The maximum absolute atomic E-state index is 3.85. The van der Waals surface area contributed by atoms with Crippen LogP contribution < -0.4 is 5.32 Å². The van der Waals surface area contributed by atoms with Crippen molar-refractivity contribution in [1.82, 2.24) is 10.2 Å². The molecule has 22 heavy (non-hydrogen) atoms. The number of likely N-dealkylation sites (tertiary alicyclic amines) is 1. The molecule has 0 spiro atoms. The zero-order valence-corrected chi connectivity index (χ0v) is 15.9. The van der Waals surface area contributed by atoms with E-state index < -0.39 is 0 Å². The minimum Gasteiger partial charge on any atom is -0.314 e. The highest BCUT2D eigenvalue weighted by atomic mass is 15.1. The number of nitrogens with one attached hydrogen (secondary N) is 1. The van der Waals surface area contributed by atoms with E-state index in [4.69, 9.17) is 0 Å². The lowest BCUT2D eigenvalue weighted by atomic mass is 9.97. The molecule has 0 aromatic rings. The van der Waals surface area contributed by atoms with Crippen molar-refractivity contribution >= 4 is 0 Å². The maximum Gasteiger partial charge on any atom is 0.00672 e. The van der Waals surface area contributed by atoms with Crippen molar-refractivity contribution in [3.63, 3.8) is 0 Å². The molecule has 0 aromatic heterocycles. The van der Waals surface area contributed by atoms with E-state index in [1.165, 1.54) is 84.0 Å². The van der Waals surface area contributed by atoms with Crippen molar-refractivity contribution in [3.8, 4) is 0 Å². The van der Waals surface area contributed by atoms with E-state index >= 15 is 0 Å². The van der Waals surface area contributed by atoms with Gasteiger partial charge in [-0.25, -0.2) is 0 Å². The van der Waals surface area contributed by atoms with Gasteiger partial charge in [0.2, 0.25) is 0 Å². The van der Waals surface area contributed by atoms with E-state index in [2.05, 4.69) is 37.9 Å². The molecule has 132 valence electrons. The zero-order valence-electron chi connectivity index (χ0n) is 15.9. The Labute approximate surface area is 140 Å². The van der Waals surface area contributed by atoms with Crippen LogP contribution in [0.2, 0.25) is 0 Å². The summed E-state index contributed by atoms with van der Waals surface area (Å²) in [6.07, 6.45) is 12.4. The molecule has 0 saturated carbocycles. The lowest BCUT2D eigenvalue weighted by molar-refractivity contribution is 0.224. The molecule has 1 aliphatic rings. The van der Waals surface area contributed by atoms with E-state index in [1.54, 1.807) is 0 Å². The van der Waals surface area contributed by atoms with Gasteiger partial charge in [-0.15, -0.1) is 0 Å². The van der Waals surface area contributed by atoms with E-state index in [1.807, 2.05) is 0 Å². The molecular formula is C20H42N2. The second kappa shape index (κ2) is 12.4. The smallest absolute Gasteiger partial charge is 0.00672 e. The Morgan fingerprint density at radius 3 is 1.91 bits per heavy atom. The van der Waals surface area contributed by atoms with E-state index in [0.29, 0.717) is 0 Å². The first-order valence-electron chi connectivity index (χ1n) is 10.0. The van der Waals surface area contributed by atoms with Gasteiger partial charge in [0, 0.05) is 6.04 Å². The van der Waals surface area contributed by atoms with Crippen molar-refractivity contribution in [3.05, 3.63) is 0 Å². The Morgan fingerprint density at radius 2 is 1.36 bits per heavy atom. The van der Waals surface area contributed by atoms with E-state index in [0.717, 1.165) is 17.9 Å². The highest BCUT2D eigenvalue weighted by molar-refractivity contribution is 4.70. The summed E-state index contributed by atoms with van der Waals surface area (Å²) in [5.74, 6) is 1.67. The molecule has 0 unspecified atom stereocenters. The summed E-state index contributed by atoms with van der Waals surface area (Å²) in [5, 5.41) is 3.85. The Bertz CT molecular complexity index is 232. The van der Waals surface area contributed by atoms with Crippen molar-refractivity contribution in [1.29, 1.82) is 0 Å². The third-order valence-electron chi connectivity index (χ3n) is 4.97. The summed E-state index contributed by atoms with van der Waals surface area (Å²) in [4.78, 5) is 2.67. The molecule has 1 rings (SSSR count). The number of nitrogens with zero attached hydrogens (tertiary/aromatic N) is 1. The topological polar surface area (TPSA) is 15.3 Å². The third-order valence-corrected chi connectivity index (χ3v) is 4.97. The van der Waals surface area contributed by atoms with Crippen LogP contribution in [0.1, 0.15) is 85.5 Å². The molecule has 2 nitrogen and oxygen atoms in total. The summed E-state index contributed by atoms with van der Waals surface area (Å²) in [6, 6.07) is 0.750. The monoisotopic (exact) mass is 310 g/mol. The van der Waals surface area contributed by atoms with Crippen LogP contribution in [0.5, 0.6) is 0 Å². The molecule has 0 atom stereocenters. The lowest BCUT2D eigenvalue weighted by Crippen LogP contribution is -2.33. The molecule has 0 aromatic carbocycles. The predicted octanol–water partition coefficient (Wildman–Crippen LogP) is 5.08. The Kier molecular flexibility index (Phi) is 11.2. The Balaban J connectivity index is 2.09. The molecule has 2 heteroatoms. The van der Waals surface area contributed by atoms with Crippen LogP contribution in [0.3, 0.4) is 0 Å². The van der Waals surface area contributed by atoms with E-state index in [9.17, 15) is 0 Å². The van der Waals surface area contributed by atoms with E-state index in [-0.39, 0.29) is 0 Å². The van der Waals surface area contributed by atoms with Crippen LogP contribution in [-0.2, 0) is 0 Å². The normalized spacial score (nSPS) is 17.0. The molecule has 1 fully saturated rings. The fraction of sp³-hybridized carbons (Fsp3) is 1.00. The molecular weight excluding hydrogens is 268 g/mol. The van der Waals surface area contributed by atoms with Gasteiger partial charge in [0.15, 0.2) is 0 Å². The maximum atomic E-state index is 3.85. The number of rotatable bonds is 12. The van der Waals surface area contributed by atoms with Gasteiger partial charge < -0.3 is 10.2 Å². The minimum atomic E-state index is 0.750. The van der Waals surface area contributed by atoms with Crippen molar-refractivity contribution in [2.75, 3.05) is 26.2 Å². The lowest BCUT2D eigenvalue weighted by Gasteiger charge is -2.26. The van der Waals surface area contributed by atoms with Crippen molar-refractivity contribution in [2.45, 2.75) is 91.5 Å². The van der Waals surface area contributed by atoms with Crippen LogP contribution in [0.25, 0.3) is 0 Å². The molecule has 1 heterocycles. The fourth-order valence-corrected chi connectivity index (χ4v) is 3.37. The van der Waals surface area contributed by atoms with Crippen molar-refractivity contribution in [2.24, 2.45) is 11.8 Å². The van der Waals surface area contributed by atoms with Gasteiger partial charge in [-0.1, -0.05) is 34.1 Å². The van der Waals surface area contributed by atoms with Crippen LogP contribution in [0.15, 0.2) is 0 Å². The average molecular weight is 311 g/mol. The molecule has 0 aliphatic carbocycles. The largest absolute Gasteiger partial charge is 0.314 e. The number of hydrogen-bond donors (Lipinski definition) is 1. The van der Waals surface area contributed by atoms with Gasteiger partial charge in [0.05, 0.1) is 0 Å². The van der Waals surface area contributed by atoms with Gasteiger partial charge >= 0.3 is 0 Å². The summed E-state index contributed by atoms with van der Waals surface area (Å²) in [6.45, 7) is 14.6. The third kappa shape index (κ3) is 10.6. The fourth-order valence-electron chi connectivity index (χ4n) is 3.37. The minimum absolute atomic E-state index is 0.750. The van der Waals surface area contributed by atoms with Gasteiger partial charge in [0.1, 0.15) is 0 Å². The summed E-state index contributed by atoms with van der Waals surface area (Å²) in [5.41, 5.74) is 0. The number of hydrogen-bond acceptors (Lipinski definition) is 2. The zero-order chi connectivity index (χ0) is 16.2. The van der Waals surface area contributed by atoms with Crippen LogP contribution in [0.4, 0.5) is 0 Å². The molecule has 1 N–H and O–H groups in total. The quantitative estimate of drug-likeness (QED) is 0.505. The Hall–Kier alpha value is -0.0800. The van der Waals surface area contributed by atoms with Crippen molar-refractivity contribution < 1.29 is 0 Å². The van der Waals surface area contributed by atoms with Gasteiger partial charge in [0.25, 0.3) is 0 Å². The standard InChI is InChI=1S/C20H42N2/c1-18(2)10-12-20(13-11-19(3)4)21-14-6-9-17-22-15-7-5-8-16-22/h18-21H,5-17H2,1-4H3. The molecule has 0 bridgehead atoms. The first kappa shape index (κ1) is 20.0. The average Bonchev–Trinajstić information content (AvgIpc) is 2.49. The molecule has 0 amide bonds. The summed E-state index contributed by atoms with van der Waals surface area (Å²) in [7, 11) is 0. The summed E-state index contributed by atoms with van der Waals surface area (Å²) < 4.78 is 0. The first-order chi connectivity index (χ1) is 10.6. The first-order valence-corrected chi connectivity index (χ1v) is 10.0. The predicted molar refractivity (Wildman–Crippen MR) is 99.5 cm³/mol. The molecule has 1 saturated heterocycles. The van der Waals surface area contributed by atoms with Gasteiger partial charge in [-0.2, -0.15) is 0 Å². The second-order valence-corrected chi connectivity index (χ2v) is 8.20. The van der Waals surface area contributed by atoms with Crippen LogP contribution in [0, 0.1) is 11.8 Å². The Morgan fingerprint density at radius 1 is 0.773 bits per heavy atom. The van der Waals surface area contributed by atoms with Crippen LogP contribution >= 0.6 is 0 Å². The second-order valence-electron chi connectivity index (χ2n) is 8.20. The van der Waals surface area contributed by atoms with Crippen LogP contribution in [-0.4, -0.2) is 37.1 Å². The number of piperidine rings is 1. The molecule has 0 radical (unpaired) electrons. The van der Waals surface area contributed by atoms with Gasteiger partial charge in [-0.3, -0.25) is 0 Å².